The summed E-state index contributed by atoms with van der Waals surface area (Å²) in [7, 11) is 2.00. The van der Waals surface area contributed by atoms with Crippen molar-refractivity contribution in [2.24, 2.45) is 7.05 Å². The number of nitrogens with zero attached hydrogens (tertiary/aromatic N) is 7. The molecule has 0 spiro atoms. The lowest BCUT2D eigenvalue weighted by molar-refractivity contribution is 0.140. The van der Waals surface area contributed by atoms with Crippen LogP contribution in [0.4, 0.5) is 10.5 Å². The first-order valence-electron chi connectivity index (χ1n) is 8.88. The molecule has 0 unspecified atom stereocenters. The highest BCUT2D eigenvalue weighted by Crippen LogP contribution is 2.14. The van der Waals surface area contributed by atoms with Gasteiger partial charge in [0.25, 0.3) is 0 Å². The number of imidazole rings is 1. The molecule has 2 amide bonds. The van der Waals surface area contributed by atoms with E-state index in [4.69, 9.17) is 0 Å². The summed E-state index contributed by atoms with van der Waals surface area (Å²) in [5, 5.41) is 7.05. The van der Waals surface area contributed by atoms with Crippen molar-refractivity contribution in [3.05, 3.63) is 55.1 Å². The Morgan fingerprint density at radius 3 is 2.56 bits per heavy atom. The van der Waals surface area contributed by atoms with Gasteiger partial charge in [-0.15, -0.1) is 0 Å². The second-order valence-corrected chi connectivity index (χ2v) is 6.53. The first kappa shape index (κ1) is 17.2. The molecule has 1 aliphatic heterocycles. The van der Waals surface area contributed by atoms with Crippen molar-refractivity contribution >= 4 is 11.7 Å². The first-order chi connectivity index (χ1) is 13.2. The molecule has 9 nitrogen and oxygen atoms in total. The molecule has 0 bridgehead atoms. The third kappa shape index (κ3) is 3.98. The minimum Gasteiger partial charge on any atom is -0.337 e. The molecule has 1 N–H and O–H groups in total. The fraction of sp³-hybridized carbons (Fsp3) is 0.333. The van der Waals surface area contributed by atoms with E-state index in [1.807, 2.05) is 53.2 Å². The Bertz CT molecular complexity index is 878. The SMILES string of the molecule is Cn1ccnc1CN1CCN(C(=O)Nc2ccc(-n3cncn3)cc2)CC1. The molecule has 0 saturated carbocycles. The smallest absolute Gasteiger partial charge is 0.321 e. The van der Waals surface area contributed by atoms with Crippen LogP contribution in [0.5, 0.6) is 0 Å². The number of aryl methyl sites for hydroxylation is 1. The Morgan fingerprint density at radius 2 is 1.93 bits per heavy atom. The second-order valence-electron chi connectivity index (χ2n) is 6.53. The minimum absolute atomic E-state index is 0.0693. The number of aromatic nitrogens is 5. The van der Waals surface area contributed by atoms with Gasteiger partial charge in [-0.25, -0.2) is 19.4 Å². The van der Waals surface area contributed by atoms with Gasteiger partial charge in [0.2, 0.25) is 0 Å². The maximum atomic E-state index is 12.5. The van der Waals surface area contributed by atoms with Gasteiger partial charge in [0.15, 0.2) is 0 Å². The lowest BCUT2D eigenvalue weighted by Crippen LogP contribution is -2.49. The summed E-state index contributed by atoms with van der Waals surface area (Å²) in [5.41, 5.74) is 1.66. The van der Waals surface area contributed by atoms with Gasteiger partial charge in [-0.2, -0.15) is 5.10 Å². The number of anilines is 1. The molecule has 0 radical (unpaired) electrons. The van der Waals surface area contributed by atoms with Crippen LogP contribution < -0.4 is 5.32 Å². The molecule has 9 heteroatoms. The number of nitrogens with one attached hydrogen (secondary N) is 1. The Hall–Kier alpha value is -3.20. The van der Waals surface area contributed by atoms with Gasteiger partial charge >= 0.3 is 6.03 Å². The third-order valence-corrected chi connectivity index (χ3v) is 4.75. The number of hydrogen-bond donors (Lipinski definition) is 1. The van der Waals surface area contributed by atoms with Crippen molar-refractivity contribution in [2.45, 2.75) is 6.54 Å². The summed E-state index contributed by atoms with van der Waals surface area (Å²) < 4.78 is 3.70. The monoisotopic (exact) mass is 366 g/mol. The molecule has 27 heavy (non-hydrogen) atoms. The van der Waals surface area contributed by atoms with Crippen LogP contribution in [-0.2, 0) is 13.6 Å². The highest BCUT2D eigenvalue weighted by atomic mass is 16.2. The van der Waals surface area contributed by atoms with Gasteiger partial charge in [0, 0.05) is 51.3 Å². The molecule has 1 fully saturated rings. The highest BCUT2D eigenvalue weighted by Gasteiger charge is 2.22. The van der Waals surface area contributed by atoms with E-state index < -0.39 is 0 Å². The van der Waals surface area contributed by atoms with Crippen molar-refractivity contribution in [1.29, 1.82) is 0 Å². The zero-order chi connectivity index (χ0) is 18.6. The van der Waals surface area contributed by atoms with Gasteiger partial charge in [-0.05, 0) is 24.3 Å². The van der Waals surface area contributed by atoms with Crippen LogP contribution in [0.3, 0.4) is 0 Å². The summed E-state index contributed by atoms with van der Waals surface area (Å²) in [6.07, 6.45) is 6.89. The normalized spacial score (nSPS) is 15.1. The predicted molar refractivity (Wildman–Crippen MR) is 100 cm³/mol. The molecular weight excluding hydrogens is 344 g/mol. The molecule has 0 atom stereocenters. The fourth-order valence-electron chi connectivity index (χ4n) is 3.10. The van der Waals surface area contributed by atoms with E-state index in [9.17, 15) is 4.79 Å². The lowest BCUT2D eigenvalue weighted by Gasteiger charge is -2.34. The molecule has 1 saturated heterocycles. The standard InChI is InChI=1S/C18H22N8O/c1-23-7-6-20-17(23)12-24-8-10-25(11-9-24)18(27)22-15-2-4-16(5-3-15)26-14-19-13-21-26/h2-7,13-14H,8-12H2,1H3,(H,22,27). The summed E-state index contributed by atoms with van der Waals surface area (Å²) in [6, 6.07) is 7.46. The van der Waals surface area contributed by atoms with E-state index >= 15 is 0 Å². The van der Waals surface area contributed by atoms with Crippen molar-refractivity contribution in [1.82, 2.24) is 34.1 Å². The van der Waals surface area contributed by atoms with Crippen molar-refractivity contribution in [2.75, 3.05) is 31.5 Å². The zero-order valence-electron chi connectivity index (χ0n) is 15.2. The van der Waals surface area contributed by atoms with Crippen LogP contribution in [0, 0.1) is 0 Å². The Morgan fingerprint density at radius 1 is 1.15 bits per heavy atom. The Balaban J connectivity index is 1.29. The average Bonchev–Trinajstić information content (AvgIpc) is 3.36. The molecule has 2 aromatic heterocycles. The number of rotatable bonds is 4. The topological polar surface area (TPSA) is 84.1 Å². The maximum absolute atomic E-state index is 12.5. The maximum Gasteiger partial charge on any atom is 0.321 e. The summed E-state index contributed by atoms with van der Waals surface area (Å²) in [6.45, 7) is 3.89. The van der Waals surface area contributed by atoms with E-state index in [2.05, 4.69) is 25.3 Å². The average molecular weight is 366 g/mol. The number of carbonyl (C=O) groups excluding carboxylic acids is 1. The van der Waals surface area contributed by atoms with E-state index in [-0.39, 0.29) is 6.03 Å². The number of piperazine rings is 1. The third-order valence-electron chi connectivity index (χ3n) is 4.75. The largest absolute Gasteiger partial charge is 0.337 e. The Kier molecular flexibility index (Phi) is 4.84. The summed E-state index contributed by atoms with van der Waals surface area (Å²) >= 11 is 0. The van der Waals surface area contributed by atoms with Crippen LogP contribution in [0.15, 0.2) is 49.3 Å². The van der Waals surface area contributed by atoms with Crippen molar-refractivity contribution < 1.29 is 4.79 Å². The highest BCUT2D eigenvalue weighted by molar-refractivity contribution is 5.89. The Labute approximate surface area is 157 Å². The molecule has 4 rings (SSSR count). The van der Waals surface area contributed by atoms with E-state index in [0.717, 1.165) is 36.8 Å². The minimum atomic E-state index is -0.0693. The van der Waals surface area contributed by atoms with E-state index in [1.54, 1.807) is 11.0 Å². The van der Waals surface area contributed by atoms with Crippen molar-refractivity contribution in [3.63, 3.8) is 0 Å². The zero-order valence-corrected chi connectivity index (χ0v) is 15.2. The van der Waals surface area contributed by atoms with Crippen LogP contribution in [0.1, 0.15) is 5.82 Å². The van der Waals surface area contributed by atoms with Gasteiger partial charge < -0.3 is 14.8 Å². The van der Waals surface area contributed by atoms with Gasteiger partial charge in [-0.1, -0.05) is 0 Å². The van der Waals surface area contributed by atoms with Crippen LogP contribution >= 0.6 is 0 Å². The number of hydrogen-bond acceptors (Lipinski definition) is 5. The molecule has 1 aliphatic rings. The van der Waals surface area contributed by atoms with Crippen LogP contribution in [0.2, 0.25) is 0 Å². The number of carbonyl (C=O) groups is 1. The van der Waals surface area contributed by atoms with Crippen molar-refractivity contribution in [3.8, 4) is 5.69 Å². The number of benzene rings is 1. The predicted octanol–water partition coefficient (Wildman–Crippen LogP) is 1.35. The van der Waals surface area contributed by atoms with Gasteiger partial charge in [0.05, 0.1) is 12.2 Å². The fourth-order valence-corrected chi connectivity index (χ4v) is 3.10. The van der Waals surface area contributed by atoms with Gasteiger partial charge in [0.1, 0.15) is 18.5 Å². The molecule has 3 aromatic rings. The second kappa shape index (κ2) is 7.58. The summed E-state index contributed by atoms with van der Waals surface area (Å²) in [5.74, 6) is 1.04. The molecule has 1 aromatic carbocycles. The molecule has 3 heterocycles. The van der Waals surface area contributed by atoms with E-state index in [1.165, 1.54) is 6.33 Å². The van der Waals surface area contributed by atoms with Crippen LogP contribution in [0.25, 0.3) is 5.69 Å². The van der Waals surface area contributed by atoms with Gasteiger partial charge in [-0.3, -0.25) is 4.90 Å². The number of amides is 2. The summed E-state index contributed by atoms with van der Waals surface area (Å²) in [4.78, 5) is 25.0. The molecule has 140 valence electrons. The van der Waals surface area contributed by atoms with E-state index in [0.29, 0.717) is 13.1 Å². The molecule has 0 aliphatic carbocycles. The first-order valence-corrected chi connectivity index (χ1v) is 8.88. The van der Waals surface area contributed by atoms with Crippen LogP contribution in [-0.4, -0.2) is 66.3 Å². The lowest BCUT2D eigenvalue weighted by atomic mass is 10.3. The molecular formula is C18H22N8O. The number of urea groups is 1. The quantitative estimate of drug-likeness (QED) is 0.754.